The van der Waals surface area contributed by atoms with E-state index in [1.165, 1.54) is 81.4 Å². The summed E-state index contributed by atoms with van der Waals surface area (Å²) < 4.78 is 2.24. The average Bonchev–Trinajstić information content (AvgIpc) is 3.44. The van der Waals surface area contributed by atoms with Crippen molar-refractivity contribution in [3.8, 4) is 5.69 Å². The van der Waals surface area contributed by atoms with Gasteiger partial charge in [0.25, 0.3) is 5.56 Å². The Morgan fingerprint density at radius 3 is 2.65 bits per heavy atom. The number of aromatic nitrogens is 2. The van der Waals surface area contributed by atoms with Gasteiger partial charge < -0.3 is 4.90 Å². The number of fused-ring (bicyclic) bond motifs is 7. The van der Waals surface area contributed by atoms with E-state index >= 15 is 0 Å². The van der Waals surface area contributed by atoms with Gasteiger partial charge in [-0.25, -0.2) is 0 Å². The van der Waals surface area contributed by atoms with Crippen molar-refractivity contribution >= 4 is 22.5 Å². The van der Waals surface area contributed by atoms with Crippen LogP contribution in [0.15, 0.2) is 41.2 Å². The van der Waals surface area contributed by atoms with E-state index in [0.717, 1.165) is 24.2 Å². The van der Waals surface area contributed by atoms with Crippen LogP contribution in [0.25, 0.3) is 16.6 Å². The molecule has 3 aromatic rings. The molecule has 34 heavy (non-hydrogen) atoms. The zero-order valence-corrected chi connectivity index (χ0v) is 20.9. The maximum Gasteiger partial charge on any atom is 0.282 e. The average molecular weight is 476 g/mol. The second-order valence-electron chi connectivity index (χ2n) is 10.6. The molecule has 178 valence electrons. The van der Waals surface area contributed by atoms with Crippen molar-refractivity contribution in [1.82, 2.24) is 14.5 Å². The van der Waals surface area contributed by atoms with Gasteiger partial charge in [0.1, 0.15) is 5.82 Å². The third-order valence-corrected chi connectivity index (χ3v) is 8.98. The Kier molecular flexibility index (Phi) is 5.77. The van der Waals surface area contributed by atoms with E-state index in [1.807, 2.05) is 12.1 Å². The van der Waals surface area contributed by atoms with Gasteiger partial charge in [0.15, 0.2) is 0 Å². The van der Waals surface area contributed by atoms with Crippen molar-refractivity contribution in [1.29, 1.82) is 0 Å². The first-order valence-electron chi connectivity index (χ1n) is 13.2. The molecule has 0 amide bonds. The quantitative estimate of drug-likeness (QED) is 0.391. The summed E-state index contributed by atoms with van der Waals surface area (Å²) in [6, 6.07) is 12.9. The zero-order chi connectivity index (χ0) is 23.3. The van der Waals surface area contributed by atoms with Crippen LogP contribution in [-0.2, 0) is 5.41 Å². The molecular weight excluding hydrogens is 442 g/mol. The SMILES string of the molecule is CCCCCN1CCC(c2ccc3c(c2)C2(CCCC2)c2nc(=O)c4c(Cl)cccc4n2-3)CC1. The topological polar surface area (TPSA) is 38.1 Å². The molecule has 1 spiro atoms. The van der Waals surface area contributed by atoms with Gasteiger partial charge in [0, 0.05) is 0 Å². The first kappa shape index (κ1) is 22.3. The number of nitrogens with zero attached hydrogens (tertiary/aromatic N) is 3. The van der Waals surface area contributed by atoms with Gasteiger partial charge in [-0.1, -0.05) is 62.4 Å². The Morgan fingerprint density at radius 1 is 1.09 bits per heavy atom. The second-order valence-corrected chi connectivity index (χ2v) is 11.0. The molecule has 0 bridgehead atoms. The highest BCUT2D eigenvalue weighted by atomic mass is 35.5. The molecule has 0 N–H and O–H groups in total. The number of hydrogen-bond donors (Lipinski definition) is 0. The molecule has 2 aliphatic heterocycles. The largest absolute Gasteiger partial charge is 0.303 e. The number of rotatable bonds is 5. The normalized spacial score (nSPS) is 19.7. The molecule has 1 aromatic heterocycles. The van der Waals surface area contributed by atoms with Crippen molar-refractivity contribution < 1.29 is 0 Å². The van der Waals surface area contributed by atoms with Crippen molar-refractivity contribution in [3.63, 3.8) is 0 Å². The molecule has 4 nitrogen and oxygen atoms in total. The minimum Gasteiger partial charge on any atom is -0.303 e. The van der Waals surface area contributed by atoms with Crippen LogP contribution in [0.3, 0.4) is 0 Å². The number of halogens is 1. The highest BCUT2D eigenvalue weighted by Gasteiger charge is 2.48. The van der Waals surface area contributed by atoms with Crippen LogP contribution in [0.4, 0.5) is 0 Å². The molecule has 3 heterocycles. The summed E-state index contributed by atoms with van der Waals surface area (Å²) in [4.78, 5) is 20.4. The lowest BCUT2D eigenvalue weighted by Gasteiger charge is -2.33. The molecule has 1 aliphatic carbocycles. The standard InChI is InChI=1S/C29H34ClN3O/c1-2-3-6-16-32-17-12-20(13-18-32)21-10-11-24-22(19-21)29(14-4-5-15-29)28-31-27(34)26-23(30)8-7-9-25(26)33(24)28/h7-11,19-20H,2-6,12-18H2,1H3. The third kappa shape index (κ3) is 3.45. The monoisotopic (exact) mass is 475 g/mol. The lowest BCUT2D eigenvalue weighted by molar-refractivity contribution is 0.208. The van der Waals surface area contributed by atoms with Gasteiger partial charge in [-0.2, -0.15) is 4.98 Å². The molecule has 5 heteroatoms. The highest BCUT2D eigenvalue weighted by molar-refractivity contribution is 6.35. The summed E-state index contributed by atoms with van der Waals surface area (Å²) in [5.41, 5.74) is 4.60. The van der Waals surface area contributed by atoms with E-state index in [4.69, 9.17) is 16.6 Å². The Balaban J connectivity index is 1.39. The first-order valence-corrected chi connectivity index (χ1v) is 13.6. The molecule has 3 aliphatic rings. The van der Waals surface area contributed by atoms with Crippen LogP contribution in [0, 0.1) is 0 Å². The summed E-state index contributed by atoms with van der Waals surface area (Å²) in [6.07, 6.45) is 10.9. The fourth-order valence-corrected chi connectivity index (χ4v) is 7.10. The van der Waals surface area contributed by atoms with E-state index in [9.17, 15) is 4.79 Å². The van der Waals surface area contributed by atoms with Crippen molar-refractivity contribution in [2.75, 3.05) is 19.6 Å². The maximum atomic E-state index is 13.1. The minimum absolute atomic E-state index is 0.137. The van der Waals surface area contributed by atoms with Gasteiger partial charge >= 0.3 is 0 Å². The van der Waals surface area contributed by atoms with E-state index in [2.05, 4.69) is 34.6 Å². The third-order valence-electron chi connectivity index (χ3n) is 8.66. The van der Waals surface area contributed by atoms with Crippen LogP contribution in [-0.4, -0.2) is 34.1 Å². The van der Waals surface area contributed by atoms with Gasteiger partial charge in [0.2, 0.25) is 0 Å². The van der Waals surface area contributed by atoms with Gasteiger partial charge in [-0.15, -0.1) is 0 Å². The molecular formula is C29H34ClN3O. The van der Waals surface area contributed by atoms with Crippen LogP contribution in [0.1, 0.15) is 87.6 Å². The summed E-state index contributed by atoms with van der Waals surface area (Å²) in [6.45, 7) is 5.93. The predicted octanol–water partition coefficient (Wildman–Crippen LogP) is 6.58. The van der Waals surface area contributed by atoms with Gasteiger partial charge in [-0.05, 0) is 87.0 Å². The summed E-state index contributed by atoms with van der Waals surface area (Å²) in [5, 5.41) is 1.02. The Labute approximate surface area is 207 Å². The molecule has 6 rings (SSSR count). The first-order chi connectivity index (χ1) is 16.6. The molecule has 0 unspecified atom stereocenters. The van der Waals surface area contributed by atoms with Crippen LogP contribution in [0.2, 0.25) is 5.02 Å². The van der Waals surface area contributed by atoms with Crippen LogP contribution < -0.4 is 5.56 Å². The van der Waals surface area contributed by atoms with Crippen molar-refractivity contribution in [2.24, 2.45) is 0 Å². The summed E-state index contributed by atoms with van der Waals surface area (Å²) in [5.74, 6) is 1.55. The molecule has 0 radical (unpaired) electrons. The van der Waals surface area contributed by atoms with Crippen molar-refractivity contribution in [2.45, 2.75) is 76.0 Å². The lowest BCUT2D eigenvalue weighted by atomic mass is 9.77. The highest BCUT2D eigenvalue weighted by Crippen LogP contribution is 2.53. The summed E-state index contributed by atoms with van der Waals surface area (Å²) >= 11 is 6.46. The smallest absolute Gasteiger partial charge is 0.282 e. The Morgan fingerprint density at radius 2 is 1.88 bits per heavy atom. The molecule has 0 atom stereocenters. The number of benzene rings is 2. The van der Waals surface area contributed by atoms with Gasteiger partial charge in [-0.3, -0.25) is 9.36 Å². The van der Waals surface area contributed by atoms with E-state index in [-0.39, 0.29) is 11.0 Å². The minimum atomic E-state index is -0.193. The molecule has 1 saturated carbocycles. The molecule has 1 saturated heterocycles. The maximum absolute atomic E-state index is 13.1. The fraction of sp³-hybridized carbons (Fsp3) is 0.517. The molecule has 2 fully saturated rings. The number of hydrogen-bond acceptors (Lipinski definition) is 3. The Bertz CT molecular complexity index is 1280. The lowest BCUT2D eigenvalue weighted by Crippen LogP contribution is -2.33. The van der Waals surface area contributed by atoms with Crippen molar-refractivity contribution in [3.05, 3.63) is 68.7 Å². The van der Waals surface area contributed by atoms with Crippen LogP contribution in [0.5, 0.6) is 0 Å². The van der Waals surface area contributed by atoms with Gasteiger partial charge in [0.05, 0.1) is 27.0 Å². The van der Waals surface area contributed by atoms with E-state index in [1.54, 1.807) is 6.07 Å². The number of piperidine rings is 1. The number of likely N-dealkylation sites (tertiary alicyclic amines) is 1. The van der Waals surface area contributed by atoms with E-state index in [0.29, 0.717) is 16.3 Å². The molecule has 2 aromatic carbocycles. The summed E-state index contributed by atoms with van der Waals surface area (Å²) in [7, 11) is 0. The Hall–Kier alpha value is -2.17. The fourth-order valence-electron chi connectivity index (χ4n) is 6.85. The van der Waals surface area contributed by atoms with Crippen LogP contribution >= 0.6 is 11.6 Å². The number of unbranched alkanes of at least 4 members (excludes halogenated alkanes) is 2. The second kappa shape index (κ2) is 8.80. The van der Waals surface area contributed by atoms with E-state index < -0.39 is 0 Å². The zero-order valence-electron chi connectivity index (χ0n) is 20.2. The predicted molar refractivity (Wildman–Crippen MR) is 140 cm³/mol.